The Morgan fingerprint density at radius 2 is 1.76 bits per heavy atom. The summed E-state index contributed by atoms with van der Waals surface area (Å²) in [5.41, 5.74) is 8.08. The maximum Gasteiger partial charge on any atom is 0.0233 e. The molecule has 0 saturated carbocycles. The Kier molecular flexibility index (Phi) is 4.77. The minimum Gasteiger partial charge on any atom is -0.327 e. The zero-order valence-corrected chi connectivity index (χ0v) is 10.4. The Bertz CT molecular complexity index is 348. The van der Waals surface area contributed by atoms with Gasteiger partial charge in [0.25, 0.3) is 0 Å². The lowest BCUT2D eigenvalue weighted by Crippen LogP contribution is -2.28. The SMILES string of the molecule is NC/C=C/c1ccc(CN2CCCCC2)cc1. The second-order valence-corrected chi connectivity index (χ2v) is 4.72. The number of likely N-dealkylation sites (tertiary alicyclic amines) is 1. The van der Waals surface area contributed by atoms with Crippen molar-refractivity contribution in [1.29, 1.82) is 0 Å². The molecule has 0 aromatic heterocycles. The van der Waals surface area contributed by atoms with E-state index in [4.69, 9.17) is 5.73 Å². The molecule has 1 aliphatic rings. The number of benzene rings is 1. The zero-order chi connectivity index (χ0) is 11.9. The molecule has 0 radical (unpaired) electrons. The maximum atomic E-state index is 5.44. The summed E-state index contributed by atoms with van der Waals surface area (Å²) in [6.07, 6.45) is 8.18. The minimum absolute atomic E-state index is 0.607. The van der Waals surface area contributed by atoms with Crippen LogP contribution in [0.3, 0.4) is 0 Å². The second kappa shape index (κ2) is 6.58. The Hall–Kier alpha value is -1.12. The summed E-state index contributed by atoms with van der Waals surface area (Å²) in [7, 11) is 0. The van der Waals surface area contributed by atoms with Crippen LogP contribution in [-0.4, -0.2) is 24.5 Å². The molecular formula is C15H22N2. The van der Waals surface area contributed by atoms with Gasteiger partial charge in [-0.25, -0.2) is 0 Å². The minimum atomic E-state index is 0.607. The molecule has 0 aliphatic carbocycles. The molecule has 0 atom stereocenters. The van der Waals surface area contributed by atoms with Gasteiger partial charge in [0.05, 0.1) is 0 Å². The van der Waals surface area contributed by atoms with E-state index in [9.17, 15) is 0 Å². The van der Waals surface area contributed by atoms with E-state index in [-0.39, 0.29) is 0 Å². The summed E-state index contributed by atoms with van der Waals surface area (Å²) in [4.78, 5) is 2.55. The summed E-state index contributed by atoms with van der Waals surface area (Å²) >= 11 is 0. The highest BCUT2D eigenvalue weighted by Crippen LogP contribution is 2.13. The van der Waals surface area contributed by atoms with Crippen LogP contribution in [0.25, 0.3) is 6.08 Å². The van der Waals surface area contributed by atoms with Crippen molar-refractivity contribution < 1.29 is 0 Å². The van der Waals surface area contributed by atoms with Crippen molar-refractivity contribution >= 4 is 6.08 Å². The number of hydrogen-bond acceptors (Lipinski definition) is 2. The highest BCUT2D eigenvalue weighted by Gasteiger charge is 2.09. The molecule has 1 aromatic carbocycles. The van der Waals surface area contributed by atoms with Crippen molar-refractivity contribution in [3.05, 3.63) is 41.5 Å². The topological polar surface area (TPSA) is 29.3 Å². The Balaban J connectivity index is 1.90. The van der Waals surface area contributed by atoms with Crippen LogP contribution >= 0.6 is 0 Å². The quantitative estimate of drug-likeness (QED) is 0.861. The van der Waals surface area contributed by atoms with E-state index < -0.39 is 0 Å². The Labute approximate surface area is 104 Å². The first kappa shape index (κ1) is 12.3. The molecule has 2 rings (SSSR count). The Morgan fingerprint density at radius 1 is 1.06 bits per heavy atom. The molecule has 1 aromatic rings. The van der Waals surface area contributed by atoms with Gasteiger partial charge in [-0.05, 0) is 37.1 Å². The monoisotopic (exact) mass is 230 g/mol. The normalized spacial score (nSPS) is 17.7. The van der Waals surface area contributed by atoms with Gasteiger partial charge in [0.15, 0.2) is 0 Å². The molecule has 1 aliphatic heterocycles. The van der Waals surface area contributed by atoms with Gasteiger partial charge in [0, 0.05) is 13.1 Å². The fourth-order valence-electron chi connectivity index (χ4n) is 2.31. The maximum absolute atomic E-state index is 5.44. The molecule has 2 heteroatoms. The molecule has 2 N–H and O–H groups in total. The van der Waals surface area contributed by atoms with E-state index in [1.165, 1.54) is 43.5 Å². The molecule has 2 nitrogen and oxygen atoms in total. The number of rotatable bonds is 4. The first-order valence-electron chi connectivity index (χ1n) is 6.56. The first-order chi connectivity index (χ1) is 8.38. The predicted octanol–water partition coefficient (Wildman–Crippen LogP) is 2.64. The van der Waals surface area contributed by atoms with Crippen LogP contribution in [0.15, 0.2) is 30.3 Å². The number of hydrogen-bond donors (Lipinski definition) is 1. The highest BCUT2D eigenvalue weighted by atomic mass is 15.1. The molecule has 0 spiro atoms. The zero-order valence-electron chi connectivity index (χ0n) is 10.4. The summed E-state index contributed by atoms with van der Waals surface area (Å²) in [6.45, 7) is 4.22. The lowest BCUT2D eigenvalue weighted by Gasteiger charge is -2.26. The van der Waals surface area contributed by atoms with Gasteiger partial charge >= 0.3 is 0 Å². The van der Waals surface area contributed by atoms with Gasteiger partial charge in [-0.15, -0.1) is 0 Å². The van der Waals surface area contributed by atoms with Gasteiger partial charge in [0.2, 0.25) is 0 Å². The van der Waals surface area contributed by atoms with Crippen molar-refractivity contribution in [2.75, 3.05) is 19.6 Å². The standard InChI is InChI=1S/C15H22N2/c16-10-4-5-14-6-8-15(9-7-14)13-17-11-2-1-3-12-17/h4-9H,1-3,10-13,16H2/b5-4+. The van der Waals surface area contributed by atoms with Gasteiger partial charge in [0.1, 0.15) is 0 Å². The van der Waals surface area contributed by atoms with Gasteiger partial charge in [-0.2, -0.15) is 0 Å². The average Bonchev–Trinajstić information content (AvgIpc) is 2.39. The lowest BCUT2D eigenvalue weighted by atomic mass is 10.1. The third kappa shape index (κ3) is 3.99. The fourth-order valence-corrected chi connectivity index (χ4v) is 2.31. The average molecular weight is 230 g/mol. The van der Waals surface area contributed by atoms with Crippen molar-refractivity contribution in [2.24, 2.45) is 5.73 Å². The molecule has 1 heterocycles. The molecule has 92 valence electrons. The van der Waals surface area contributed by atoms with Crippen LogP contribution in [0.2, 0.25) is 0 Å². The second-order valence-electron chi connectivity index (χ2n) is 4.72. The van der Waals surface area contributed by atoms with E-state index in [2.05, 4.69) is 35.2 Å². The van der Waals surface area contributed by atoms with Gasteiger partial charge in [-0.3, -0.25) is 4.90 Å². The summed E-state index contributed by atoms with van der Waals surface area (Å²) in [5.74, 6) is 0. The number of piperidine rings is 1. The van der Waals surface area contributed by atoms with Crippen LogP contribution in [0.1, 0.15) is 30.4 Å². The molecule has 0 unspecified atom stereocenters. The van der Waals surface area contributed by atoms with Crippen LogP contribution in [0, 0.1) is 0 Å². The summed E-state index contributed by atoms with van der Waals surface area (Å²) in [5, 5.41) is 0. The summed E-state index contributed by atoms with van der Waals surface area (Å²) < 4.78 is 0. The molecule has 0 bridgehead atoms. The van der Waals surface area contributed by atoms with Gasteiger partial charge in [-0.1, -0.05) is 42.8 Å². The molecular weight excluding hydrogens is 208 g/mol. The predicted molar refractivity (Wildman–Crippen MR) is 73.7 cm³/mol. The molecule has 0 amide bonds. The van der Waals surface area contributed by atoms with Gasteiger partial charge < -0.3 is 5.73 Å². The van der Waals surface area contributed by atoms with E-state index in [0.29, 0.717) is 6.54 Å². The third-order valence-corrected chi connectivity index (χ3v) is 3.28. The first-order valence-corrected chi connectivity index (χ1v) is 6.56. The lowest BCUT2D eigenvalue weighted by molar-refractivity contribution is 0.221. The van der Waals surface area contributed by atoms with Crippen molar-refractivity contribution in [2.45, 2.75) is 25.8 Å². The Morgan fingerprint density at radius 3 is 2.41 bits per heavy atom. The van der Waals surface area contributed by atoms with Crippen LogP contribution < -0.4 is 5.73 Å². The smallest absolute Gasteiger partial charge is 0.0233 e. The van der Waals surface area contributed by atoms with Crippen molar-refractivity contribution in [1.82, 2.24) is 4.90 Å². The fraction of sp³-hybridized carbons (Fsp3) is 0.467. The van der Waals surface area contributed by atoms with E-state index in [0.717, 1.165) is 6.54 Å². The molecule has 17 heavy (non-hydrogen) atoms. The van der Waals surface area contributed by atoms with Crippen LogP contribution in [0.5, 0.6) is 0 Å². The number of nitrogens with two attached hydrogens (primary N) is 1. The summed E-state index contributed by atoms with van der Waals surface area (Å²) in [6, 6.07) is 8.80. The van der Waals surface area contributed by atoms with E-state index in [1.54, 1.807) is 0 Å². The van der Waals surface area contributed by atoms with E-state index >= 15 is 0 Å². The largest absolute Gasteiger partial charge is 0.327 e. The highest BCUT2D eigenvalue weighted by molar-refractivity contribution is 5.49. The van der Waals surface area contributed by atoms with Crippen molar-refractivity contribution in [3.63, 3.8) is 0 Å². The van der Waals surface area contributed by atoms with Crippen LogP contribution in [0.4, 0.5) is 0 Å². The van der Waals surface area contributed by atoms with Crippen molar-refractivity contribution in [3.8, 4) is 0 Å². The molecule has 1 fully saturated rings. The van der Waals surface area contributed by atoms with Crippen LogP contribution in [-0.2, 0) is 6.54 Å². The molecule has 1 saturated heterocycles. The third-order valence-electron chi connectivity index (χ3n) is 3.28. The number of nitrogens with zero attached hydrogens (tertiary/aromatic N) is 1. The van der Waals surface area contributed by atoms with E-state index in [1.807, 2.05) is 6.08 Å².